The second-order valence-corrected chi connectivity index (χ2v) is 5.32. The highest BCUT2D eigenvalue weighted by Gasteiger charge is 2.11. The highest BCUT2D eigenvalue weighted by molar-refractivity contribution is 8.02. The Hall–Kier alpha value is -0.690. The molecule has 0 heterocycles. The fourth-order valence-electron chi connectivity index (χ4n) is 1.99. The van der Waals surface area contributed by atoms with E-state index in [1.165, 1.54) is 37.7 Å². The Balaban J connectivity index is 1.79. The fourth-order valence-corrected chi connectivity index (χ4v) is 3.06. The molecule has 15 heavy (non-hydrogen) atoms. The summed E-state index contributed by atoms with van der Waals surface area (Å²) < 4.78 is 0. The fraction of sp³-hybridized carbons (Fsp3) is 0.429. The molecule has 0 spiro atoms. The van der Waals surface area contributed by atoms with E-state index in [0.717, 1.165) is 5.25 Å². The molecule has 0 nitrogen and oxygen atoms in total. The summed E-state index contributed by atoms with van der Waals surface area (Å²) in [6, 6.07) is 10.5. The van der Waals surface area contributed by atoms with Crippen molar-refractivity contribution < 1.29 is 0 Å². The van der Waals surface area contributed by atoms with E-state index < -0.39 is 0 Å². The lowest BCUT2D eigenvalue weighted by atomic mass is 10.0. The number of thioether (sulfide) groups is 1. The summed E-state index contributed by atoms with van der Waals surface area (Å²) in [6.07, 6.45) is 9.33. The van der Waals surface area contributed by atoms with Crippen molar-refractivity contribution in [1.82, 2.24) is 0 Å². The zero-order chi connectivity index (χ0) is 10.3. The van der Waals surface area contributed by atoms with Gasteiger partial charge in [0.05, 0.1) is 0 Å². The summed E-state index contributed by atoms with van der Waals surface area (Å²) >= 11 is 2.01. The molecule has 1 aromatic carbocycles. The Morgan fingerprint density at radius 2 is 1.73 bits per heavy atom. The standard InChI is InChI=1S/C14H18S/c1-3-7-13(8-4-1)11-12-15-14-9-5-2-6-10-14/h1,3-4,7-8,11-12,14H,2,5-6,9-10H2/b12-11+. The minimum atomic E-state index is 0.874. The molecular weight excluding hydrogens is 200 g/mol. The maximum Gasteiger partial charge on any atom is 0.00884 e. The van der Waals surface area contributed by atoms with Crippen LogP contribution in [0.4, 0.5) is 0 Å². The van der Waals surface area contributed by atoms with Crippen molar-refractivity contribution in [3.05, 3.63) is 41.3 Å². The third-order valence-electron chi connectivity index (χ3n) is 2.88. The molecule has 0 N–H and O–H groups in total. The van der Waals surface area contributed by atoms with Crippen LogP contribution in [-0.4, -0.2) is 5.25 Å². The molecule has 0 saturated heterocycles. The number of hydrogen-bond donors (Lipinski definition) is 0. The van der Waals surface area contributed by atoms with Gasteiger partial charge in [-0.3, -0.25) is 0 Å². The average molecular weight is 218 g/mol. The molecule has 0 unspecified atom stereocenters. The van der Waals surface area contributed by atoms with Gasteiger partial charge in [0.15, 0.2) is 0 Å². The molecule has 1 saturated carbocycles. The van der Waals surface area contributed by atoms with Crippen molar-refractivity contribution in [2.75, 3.05) is 0 Å². The second-order valence-electron chi connectivity index (χ2n) is 4.11. The topological polar surface area (TPSA) is 0 Å². The predicted octanol–water partition coefficient (Wildman–Crippen LogP) is 4.72. The Morgan fingerprint density at radius 3 is 2.47 bits per heavy atom. The van der Waals surface area contributed by atoms with E-state index in [-0.39, 0.29) is 0 Å². The lowest BCUT2D eigenvalue weighted by Gasteiger charge is -2.18. The molecule has 0 aromatic heterocycles. The Kier molecular flexibility index (Phi) is 4.34. The number of benzene rings is 1. The van der Waals surface area contributed by atoms with Crippen LogP contribution in [0.25, 0.3) is 6.08 Å². The van der Waals surface area contributed by atoms with Crippen LogP contribution in [0.15, 0.2) is 35.7 Å². The van der Waals surface area contributed by atoms with Crippen molar-refractivity contribution in [3.8, 4) is 0 Å². The van der Waals surface area contributed by atoms with Gasteiger partial charge in [-0.05, 0) is 29.9 Å². The molecule has 1 aliphatic rings. The van der Waals surface area contributed by atoms with Gasteiger partial charge in [0, 0.05) is 5.25 Å². The predicted molar refractivity (Wildman–Crippen MR) is 69.9 cm³/mol. The summed E-state index contributed by atoms with van der Waals surface area (Å²) in [5.74, 6) is 0. The molecule has 0 radical (unpaired) electrons. The first-order valence-electron chi connectivity index (χ1n) is 5.82. The molecule has 0 amide bonds. The molecule has 1 heteroatoms. The van der Waals surface area contributed by atoms with E-state index in [1.54, 1.807) is 0 Å². The van der Waals surface area contributed by atoms with Crippen LogP contribution in [0.3, 0.4) is 0 Å². The number of hydrogen-bond acceptors (Lipinski definition) is 1. The molecule has 1 aromatic rings. The first-order chi connectivity index (χ1) is 7.45. The van der Waals surface area contributed by atoms with Crippen LogP contribution < -0.4 is 0 Å². The summed E-state index contributed by atoms with van der Waals surface area (Å²) in [5.41, 5.74) is 1.31. The largest absolute Gasteiger partial charge is 0.131 e. The molecule has 1 fully saturated rings. The third kappa shape index (κ3) is 3.75. The minimum absolute atomic E-state index is 0.874. The molecule has 1 aliphatic carbocycles. The summed E-state index contributed by atoms with van der Waals surface area (Å²) in [6.45, 7) is 0. The molecular formula is C14H18S. The smallest absolute Gasteiger partial charge is 0.00884 e. The van der Waals surface area contributed by atoms with Gasteiger partial charge in [0.1, 0.15) is 0 Å². The SMILES string of the molecule is C(=C\c1ccccc1)/SC1CCCCC1. The maximum atomic E-state index is 2.27. The van der Waals surface area contributed by atoms with Crippen molar-refractivity contribution in [3.63, 3.8) is 0 Å². The molecule has 2 rings (SSSR count). The van der Waals surface area contributed by atoms with Crippen LogP contribution >= 0.6 is 11.8 Å². The normalized spacial score (nSPS) is 18.4. The van der Waals surface area contributed by atoms with Gasteiger partial charge in [0.25, 0.3) is 0 Å². The lowest BCUT2D eigenvalue weighted by molar-refractivity contribution is 0.517. The first-order valence-corrected chi connectivity index (χ1v) is 6.76. The zero-order valence-electron chi connectivity index (χ0n) is 9.06. The monoisotopic (exact) mass is 218 g/mol. The van der Waals surface area contributed by atoms with E-state index in [0.29, 0.717) is 0 Å². The van der Waals surface area contributed by atoms with Crippen LogP contribution in [0.1, 0.15) is 37.7 Å². The van der Waals surface area contributed by atoms with Crippen molar-refractivity contribution in [2.24, 2.45) is 0 Å². The van der Waals surface area contributed by atoms with Gasteiger partial charge in [-0.1, -0.05) is 49.6 Å². The Morgan fingerprint density at radius 1 is 1.00 bits per heavy atom. The highest BCUT2D eigenvalue weighted by Crippen LogP contribution is 2.29. The average Bonchev–Trinajstić information content (AvgIpc) is 2.32. The maximum absolute atomic E-state index is 2.27. The first kappa shape index (κ1) is 10.8. The Labute approximate surface area is 96.8 Å². The lowest BCUT2D eigenvalue weighted by Crippen LogP contribution is -2.06. The zero-order valence-corrected chi connectivity index (χ0v) is 9.88. The van der Waals surface area contributed by atoms with Crippen LogP contribution in [0.5, 0.6) is 0 Å². The van der Waals surface area contributed by atoms with Gasteiger partial charge in [-0.25, -0.2) is 0 Å². The Bertz CT molecular complexity index is 296. The molecule has 80 valence electrons. The second kappa shape index (κ2) is 6.02. The summed E-state index contributed by atoms with van der Waals surface area (Å²) in [4.78, 5) is 0. The van der Waals surface area contributed by atoms with Crippen molar-refractivity contribution >= 4 is 17.8 Å². The molecule has 0 aliphatic heterocycles. The van der Waals surface area contributed by atoms with Crippen LogP contribution in [-0.2, 0) is 0 Å². The van der Waals surface area contributed by atoms with Crippen LogP contribution in [0.2, 0.25) is 0 Å². The van der Waals surface area contributed by atoms with Gasteiger partial charge in [0.2, 0.25) is 0 Å². The summed E-state index contributed by atoms with van der Waals surface area (Å²) in [7, 11) is 0. The van der Waals surface area contributed by atoms with E-state index in [2.05, 4.69) is 41.8 Å². The van der Waals surface area contributed by atoms with Gasteiger partial charge in [-0.2, -0.15) is 0 Å². The van der Waals surface area contributed by atoms with E-state index in [1.807, 2.05) is 11.8 Å². The van der Waals surface area contributed by atoms with Crippen molar-refractivity contribution in [1.29, 1.82) is 0 Å². The van der Waals surface area contributed by atoms with E-state index in [4.69, 9.17) is 0 Å². The number of rotatable bonds is 3. The van der Waals surface area contributed by atoms with Gasteiger partial charge >= 0.3 is 0 Å². The van der Waals surface area contributed by atoms with Crippen LogP contribution in [0, 0.1) is 0 Å². The van der Waals surface area contributed by atoms with Crippen molar-refractivity contribution in [2.45, 2.75) is 37.4 Å². The third-order valence-corrected chi connectivity index (χ3v) is 4.03. The van der Waals surface area contributed by atoms with E-state index in [9.17, 15) is 0 Å². The highest BCUT2D eigenvalue weighted by atomic mass is 32.2. The summed E-state index contributed by atoms with van der Waals surface area (Å²) in [5, 5.41) is 3.14. The molecule has 0 atom stereocenters. The minimum Gasteiger partial charge on any atom is -0.131 e. The molecule has 0 bridgehead atoms. The van der Waals surface area contributed by atoms with E-state index >= 15 is 0 Å². The van der Waals surface area contributed by atoms with Gasteiger partial charge < -0.3 is 0 Å². The van der Waals surface area contributed by atoms with Gasteiger partial charge in [-0.15, -0.1) is 11.8 Å². The quantitative estimate of drug-likeness (QED) is 0.707.